The molecule has 0 bridgehead atoms. The summed E-state index contributed by atoms with van der Waals surface area (Å²) < 4.78 is 1.65. The molecule has 0 radical (unpaired) electrons. The van der Waals surface area contributed by atoms with Crippen LogP contribution < -0.4 is 5.32 Å². The van der Waals surface area contributed by atoms with Gasteiger partial charge in [0.2, 0.25) is 11.8 Å². The highest BCUT2D eigenvalue weighted by Crippen LogP contribution is 2.17. The van der Waals surface area contributed by atoms with Gasteiger partial charge in [0, 0.05) is 13.0 Å². The molecule has 1 aromatic heterocycles. The number of hydrogen-bond acceptors (Lipinski definition) is 4. The van der Waals surface area contributed by atoms with Gasteiger partial charge in [-0.3, -0.25) is 9.59 Å². The molecule has 1 fully saturated rings. The van der Waals surface area contributed by atoms with Crippen molar-refractivity contribution in [2.75, 3.05) is 6.54 Å². The van der Waals surface area contributed by atoms with Crippen LogP contribution in [-0.4, -0.2) is 44.3 Å². The third-order valence-electron chi connectivity index (χ3n) is 3.95. The van der Waals surface area contributed by atoms with Gasteiger partial charge in [-0.1, -0.05) is 30.7 Å². The van der Waals surface area contributed by atoms with Crippen molar-refractivity contribution in [3.8, 4) is 0 Å². The van der Waals surface area contributed by atoms with Crippen molar-refractivity contribution in [2.24, 2.45) is 0 Å². The standard InChI is InChI=1S/C15H19N5O2/c1-2-5-13(19-9-8-14(19)21)15(22)16-10-20-12-7-4-3-6-11(12)17-18-20/h3-4,6-7,13H,2,5,8-10H2,1H3,(H,16,22). The van der Waals surface area contributed by atoms with E-state index < -0.39 is 0 Å². The largest absolute Gasteiger partial charge is 0.335 e. The van der Waals surface area contributed by atoms with Crippen LogP contribution in [0.2, 0.25) is 0 Å². The van der Waals surface area contributed by atoms with Gasteiger partial charge >= 0.3 is 0 Å². The van der Waals surface area contributed by atoms with E-state index in [0.717, 1.165) is 17.5 Å². The lowest BCUT2D eigenvalue weighted by molar-refractivity contribution is -0.149. The van der Waals surface area contributed by atoms with Gasteiger partial charge in [-0.15, -0.1) is 5.10 Å². The lowest BCUT2D eigenvalue weighted by Gasteiger charge is -2.37. The predicted molar refractivity (Wildman–Crippen MR) is 80.7 cm³/mol. The average molecular weight is 301 g/mol. The molecule has 1 aromatic carbocycles. The van der Waals surface area contributed by atoms with E-state index in [4.69, 9.17) is 0 Å². The number of hydrogen-bond donors (Lipinski definition) is 1. The highest BCUT2D eigenvalue weighted by atomic mass is 16.2. The molecule has 3 rings (SSSR count). The topological polar surface area (TPSA) is 80.1 Å². The summed E-state index contributed by atoms with van der Waals surface area (Å²) in [5.41, 5.74) is 1.66. The minimum absolute atomic E-state index is 0.0554. The third-order valence-corrected chi connectivity index (χ3v) is 3.95. The van der Waals surface area contributed by atoms with E-state index in [9.17, 15) is 9.59 Å². The highest BCUT2D eigenvalue weighted by molar-refractivity contribution is 5.90. The van der Waals surface area contributed by atoms with Gasteiger partial charge in [-0.25, -0.2) is 4.68 Å². The number of carbonyl (C=O) groups excluding carboxylic acids is 2. The number of amides is 2. The molecule has 2 aromatic rings. The molecule has 1 unspecified atom stereocenters. The molecule has 7 nitrogen and oxygen atoms in total. The zero-order valence-corrected chi connectivity index (χ0v) is 12.5. The second-order valence-electron chi connectivity index (χ2n) is 5.42. The van der Waals surface area contributed by atoms with Crippen molar-refractivity contribution in [1.82, 2.24) is 25.2 Å². The van der Waals surface area contributed by atoms with Gasteiger partial charge in [-0.2, -0.15) is 0 Å². The summed E-state index contributed by atoms with van der Waals surface area (Å²) in [4.78, 5) is 25.6. The molecule has 116 valence electrons. The first kappa shape index (κ1) is 14.5. The minimum Gasteiger partial charge on any atom is -0.335 e. The van der Waals surface area contributed by atoms with Crippen molar-refractivity contribution in [2.45, 2.75) is 38.9 Å². The molecule has 1 atom stereocenters. The Kier molecular flexibility index (Phi) is 4.04. The van der Waals surface area contributed by atoms with Crippen molar-refractivity contribution < 1.29 is 9.59 Å². The molecule has 2 heterocycles. The van der Waals surface area contributed by atoms with E-state index in [-0.39, 0.29) is 24.5 Å². The average Bonchev–Trinajstić information content (AvgIpc) is 2.94. The summed E-state index contributed by atoms with van der Waals surface area (Å²) in [6.45, 7) is 2.93. The molecule has 0 spiro atoms. The number of benzene rings is 1. The van der Waals surface area contributed by atoms with Crippen LogP contribution in [0.15, 0.2) is 24.3 Å². The Bertz CT molecular complexity index is 696. The van der Waals surface area contributed by atoms with Crippen LogP contribution in [0.5, 0.6) is 0 Å². The van der Waals surface area contributed by atoms with Crippen molar-refractivity contribution in [3.63, 3.8) is 0 Å². The highest BCUT2D eigenvalue weighted by Gasteiger charge is 2.34. The summed E-state index contributed by atoms with van der Waals surface area (Å²) in [6.07, 6.45) is 2.07. The molecule has 0 saturated carbocycles. The van der Waals surface area contributed by atoms with Crippen LogP contribution in [0, 0.1) is 0 Å². The maximum absolute atomic E-state index is 12.4. The lowest BCUT2D eigenvalue weighted by atomic mass is 10.0. The Labute approximate surface area is 128 Å². The Balaban J connectivity index is 1.66. The number of aromatic nitrogens is 3. The van der Waals surface area contributed by atoms with Crippen LogP contribution in [0.3, 0.4) is 0 Å². The molecular formula is C15H19N5O2. The van der Waals surface area contributed by atoms with Gasteiger partial charge in [-0.05, 0) is 18.6 Å². The maximum Gasteiger partial charge on any atom is 0.244 e. The van der Waals surface area contributed by atoms with Gasteiger partial charge in [0.25, 0.3) is 0 Å². The van der Waals surface area contributed by atoms with Crippen LogP contribution in [0.25, 0.3) is 11.0 Å². The predicted octanol–water partition coefficient (Wildman–Crippen LogP) is 0.906. The maximum atomic E-state index is 12.4. The fourth-order valence-corrected chi connectivity index (χ4v) is 2.67. The minimum atomic E-state index is -0.374. The number of para-hydroxylation sites is 1. The summed E-state index contributed by atoms with van der Waals surface area (Å²) >= 11 is 0. The van der Waals surface area contributed by atoms with Crippen molar-refractivity contribution in [3.05, 3.63) is 24.3 Å². The SMILES string of the molecule is CCCC(C(=O)NCn1nnc2ccccc21)N1CCC1=O. The lowest BCUT2D eigenvalue weighted by Crippen LogP contribution is -2.56. The van der Waals surface area contributed by atoms with Crippen LogP contribution in [0.4, 0.5) is 0 Å². The summed E-state index contributed by atoms with van der Waals surface area (Å²) in [7, 11) is 0. The molecule has 1 aliphatic heterocycles. The molecule has 7 heteroatoms. The van der Waals surface area contributed by atoms with Crippen molar-refractivity contribution >= 4 is 22.8 Å². The number of fused-ring (bicyclic) bond motifs is 1. The van der Waals surface area contributed by atoms with Gasteiger partial charge in [0.05, 0.1) is 5.52 Å². The normalized spacial score (nSPS) is 15.7. The summed E-state index contributed by atoms with van der Waals surface area (Å²) in [5, 5.41) is 10.9. The Hall–Kier alpha value is -2.44. The fraction of sp³-hybridized carbons (Fsp3) is 0.467. The summed E-state index contributed by atoms with van der Waals surface area (Å²) in [5.74, 6) is -0.0747. The molecular weight excluding hydrogens is 282 g/mol. The zero-order chi connectivity index (χ0) is 15.5. The van der Waals surface area contributed by atoms with E-state index in [2.05, 4.69) is 15.6 Å². The number of nitrogens with one attached hydrogen (secondary N) is 1. The molecule has 1 aliphatic rings. The number of rotatable bonds is 6. The Morgan fingerprint density at radius 1 is 1.41 bits per heavy atom. The van der Waals surface area contributed by atoms with Crippen LogP contribution >= 0.6 is 0 Å². The third kappa shape index (κ3) is 2.66. The Morgan fingerprint density at radius 2 is 2.23 bits per heavy atom. The van der Waals surface area contributed by atoms with E-state index >= 15 is 0 Å². The molecule has 22 heavy (non-hydrogen) atoms. The first-order valence-corrected chi connectivity index (χ1v) is 7.56. The Morgan fingerprint density at radius 3 is 2.91 bits per heavy atom. The fourth-order valence-electron chi connectivity index (χ4n) is 2.67. The van der Waals surface area contributed by atoms with E-state index in [1.807, 2.05) is 31.2 Å². The second kappa shape index (κ2) is 6.13. The number of nitrogens with zero attached hydrogens (tertiary/aromatic N) is 4. The summed E-state index contributed by atoms with van der Waals surface area (Å²) in [6, 6.07) is 7.21. The molecule has 1 saturated heterocycles. The van der Waals surface area contributed by atoms with E-state index in [1.165, 1.54) is 0 Å². The molecule has 2 amide bonds. The van der Waals surface area contributed by atoms with E-state index in [1.54, 1.807) is 9.58 Å². The first-order chi connectivity index (χ1) is 10.7. The van der Waals surface area contributed by atoms with Gasteiger partial charge in [0.15, 0.2) is 0 Å². The van der Waals surface area contributed by atoms with Crippen LogP contribution in [0.1, 0.15) is 26.2 Å². The molecule has 0 aliphatic carbocycles. The zero-order valence-electron chi connectivity index (χ0n) is 12.5. The quantitative estimate of drug-likeness (QED) is 0.804. The number of likely N-dealkylation sites (tertiary alicyclic amines) is 1. The van der Waals surface area contributed by atoms with E-state index in [0.29, 0.717) is 19.4 Å². The first-order valence-electron chi connectivity index (χ1n) is 7.56. The number of carbonyl (C=O) groups is 2. The van der Waals surface area contributed by atoms with Crippen molar-refractivity contribution in [1.29, 1.82) is 0 Å². The van der Waals surface area contributed by atoms with Gasteiger partial charge in [0.1, 0.15) is 18.2 Å². The smallest absolute Gasteiger partial charge is 0.244 e. The number of β-lactam (4-membered cyclic amide) rings is 1. The van der Waals surface area contributed by atoms with Gasteiger partial charge < -0.3 is 10.2 Å². The second-order valence-corrected chi connectivity index (χ2v) is 5.42. The molecule has 1 N–H and O–H groups in total. The van der Waals surface area contributed by atoms with Crippen LogP contribution in [-0.2, 0) is 16.3 Å². The monoisotopic (exact) mass is 301 g/mol.